The van der Waals surface area contributed by atoms with Gasteiger partial charge in [0.05, 0.1) is 11.7 Å². The van der Waals surface area contributed by atoms with Gasteiger partial charge >= 0.3 is 0 Å². The number of carbonyl (C=O) groups is 1. The molecule has 1 fully saturated rings. The van der Waals surface area contributed by atoms with Crippen LogP contribution in [-0.2, 0) is 0 Å². The standard InChI is InChI=1S/C15H19ClN2O2/c16-8-4-9-17-14-7-2-1-6-13(14)15(20)18-10-3-5-12(19)11-18/h1-2,4,6-8,12,17,19H,3,5,9-11H2/b8-4+. The van der Waals surface area contributed by atoms with Crippen molar-refractivity contribution >= 4 is 23.2 Å². The lowest BCUT2D eigenvalue weighted by Gasteiger charge is -2.30. The van der Waals surface area contributed by atoms with E-state index in [2.05, 4.69) is 5.32 Å². The van der Waals surface area contributed by atoms with Gasteiger partial charge in [0.15, 0.2) is 0 Å². The zero-order valence-corrected chi connectivity index (χ0v) is 12.0. The minimum atomic E-state index is -0.410. The van der Waals surface area contributed by atoms with E-state index in [1.165, 1.54) is 5.54 Å². The van der Waals surface area contributed by atoms with E-state index in [0.29, 0.717) is 25.2 Å². The summed E-state index contributed by atoms with van der Waals surface area (Å²) < 4.78 is 0. The average molecular weight is 295 g/mol. The van der Waals surface area contributed by atoms with Gasteiger partial charge in [-0.05, 0) is 25.0 Å². The van der Waals surface area contributed by atoms with Crippen LogP contribution in [0, 0.1) is 0 Å². The molecule has 1 saturated heterocycles. The molecule has 0 spiro atoms. The number of likely N-dealkylation sites (tertiary alicyclic amines) is 1. The van der Waals surface area contributed by atoms with Crippen LogP contribution in [0.15, 0.2) is 35.9 Å². The smallest absolute Gasteiger partial charge is 0.256 e. The molecule has 4 nitrogen and oxygen atoms in total. The zero-order valence-electron chi connectivity index (χ0n) is 11.3. The van der Waals surface area contributed by atoms with Gasteiger partial charge in [-0.3, -0.25) is 4.79 Å². The number of amides is 1. The Bertz CT molecular complexity index is 491. The highest BCUT2D eigenvalue weighted by atomic mass is 35.5. The largest absolute Gasteiger partial charge is 0.391 e. The maximum absolute atomic E-state index is 12.5. The summed E-state index contributed by atoms with van der Waals surface area (Å²) >= 11 is 5.48. The van der Waals surface area contributed by atoms with Gasteiger partial charge < -0.3 is 15.3 Å². The van der Waals surface area contributed by atoms with E-state index < -0.39 is 6.10 Å². The fourth-order valence-electron chi connectivity index (χ4n) is 2.35. The van der Waals surface area contributed by atoms with Gasteiger partial charge in [-0.25, -0.2) is 0 Å². The summed E-state index contributed by atoms with van der Waals surface area (Å²) in [5, 5.41) is 12.8. The summed E-state index contributed by atoms with van der Waals surface area (Å²) in [6.07, 6.45) is 2.97. The Hall–Kier alpha value is -1.52. The monoisotopic (exact) mass is 294 g/mol. The Balaban J connectivity index is 2.12. The Labute approximate surface area is 124 Å². The SMILES string of the molecule is O=C(c1ccccc1NC/C=C/Cl)N1CCCC(O)C1. The predicted octanol–water partition coefficient (Wildman–Crippen LogP) is 2.45. The normalized spacial score (nSPS) is 19.3. The summed E-state index contributed by atoms with van der Waals surface area (Å²) in [6, 6.07) is 7.40. The van der Waals surface area contributed by atoms with E-state index in [1.807, 2.05) is 18.2 Å². The van der Waals surface area contributed by atoms with Crippen molar-refractivity contribution in [3.63, 3.8) is 0 Å². The molecule has 5 heteroatoms. The van der Waals surface area contributed by atoms with Crippen molar-refractivity contribution in [2.24, 2.45) is 0 Å². The lowest BCUT2D eigenvalue weighted by atomic mass is 10.1. The molecule has 2 N–H and O–H groups in total. The molecular formula is C15H19ClN2O2. The van der Waals surface area contributed by atoms with Crippen LogP contribution in [0.1, 0.15) is 23.2 Å². The van der Waals surface area contributed by atoms with E-state index >= 15 is 0 Å². The van der Waals surface area contributed by atoms with Gasteiger partial charge in [0.1, 0.15) is 0 Å². The molecule has 1 aromatic rings. The number of rotatable bonds is 4. The molecular weight excluding hydrogens is 276 g/mol. The Kier molecular flexibility index (Phi) is 5.44. The summed E-state index contributed by atoms with van der Waals surface area (Å²) in [6.45, 7) is 1.68. The van der Waals surface area contributed by atoms with E-state index in [4.69, 9.17) is 11.6 Å². The Morgan fingerprint density at radius 1 is 1.50 bits per heavy atom. The molecule has 0 bridgehead atoms. The molecule has 0 aliphatic carbocycles. The van der Waals surface area contributed by atoms with Gasteiger partial charge in [-0.15, -0.1) is 0 Å². The lowest BCUT2D eigenvalue weighted by Crippen LogP contribution is -2.42. The number of hydrogen-bond donors (Lipinski definition) is 2. The number of anilines is 1. The number of para-hydroxylation sites is 1. The molecule has 0 saturated carbocycles. The molecule has 1 amide bonds. The van der Waals surface area contributed by atoms with Crippen LogP contribution in [0.4, 0.5) is 5.69 Å². The van der Waals surface area contributed by atoms with E-state index in [-0.39, 0.29) is 5.91 Å². The number of hydrogen-bond acceptors (Lipinski definition) is 3. The summed E-state index contributed by atoms with van der Waals surface area (Å²) in [5.74, 6) is -0.0401. The Morgan fingerprint density at radius 3 is 3.05 bits per heavy atom. The van der Waals surface area contributed by atoms with E-state index in [0.717, 1.165) is 18.5 Å². The van der Waals surface area contributed by atoms with Crippen LogP contribution in [-0.4, -0.2) is 41.7 Å². The van der Waals surface area contributed by atoms with E-state index in [9.17, 15) is 9.90 Å². The highest BCUT2D eigenvalue weighted by molar-refractivity contribution is 6.25. The first-order valence-corrected chi connectivity index (χ1v) is 7.21. The molecule has 1 aromatic carbocycles. The van der Waals surface area contributed by atoms with Crippen LogP contribution in [0.5, 0.6) is 0 Å². The molecule has 108 valence electrons. The summed E-state index contributed by atoms with van der Waals surface area (Å²) in [5.41, 5.74) is 2.86. The van der Waals surface area contributed by atoms with Crippen LogP contribution in [0.3, 0.4) is 0 Å². The quantitative estimate of drug-likeness (QED) is 0.897. The van der Waals surface area contributed by atoms with Crippen LogP contribution in [0.25, 0.3) is 0 Å². The van der Waals surface area contributed by atoms with Crippen molar-refractivity contribution in [3.05, 3.63) is 41.4 Å². The van der Waals surface area contributed by atoms with Gasteiger partial charge in [0, 0.05) is 30.9 Å². The minimum Gasteiger partial charge on any atom is -0.391 e. The van der Waals surface area contributed by atoms with Crippen molar-refractivity contribution in [1.82, 2.24) is 4.90 Å². The first kappa shape index (κ1) is 14.9. The maximum Gasteiger partial charge on any atom is 0.256 e. The molecule has 1 aliphatic heterocycles. The molecule has 2 rings (SSSR count). The molecule has 0 aromatic heterocycles. The average Bonchev–Trinajstić information content (AvgIpc) is 2.47. The molecule has 1 atom stereocenters. The number of β-amino-alcohol motifs (C(OH)–C–C–N with tert-alkyl or cyclic N) is 1. The van der Waals surface area contributed by atoms with Crippen LogP contribution < -0.4 is 5.32 Å². The second-order valence-electron chi connectivity index (χ2n) is 4.84. The van der Waals surface area contributed by atoms with Crippen LogP contribution >= 0.6 is 11.6 Å². The molecule has 20 heavy (non-hydrogen) atoms. The molecule has 0 radical (unpaired) electrons. The van der Waals surface area contributed by atoms with Gasteiger partial charge in [0.25, 0.3) is 5.91 Å². The van der Waals surface area contributed by atoms with Crippen LogP contribution in [0.2, 0.25) is 0 Å². The number of benzene rings is 1. The van der Waals surface area contributed by atoms with Crippen molar-refractivity contribution in [1.29, 1.82) is 0 Å². The summed E-state index contributed by atoms with van der Waals surface area (Å²) in [4.78, 5) is 14.2. The third-order valence-electron chi connectivity index (χ3n) is 3.34. The highest BCUT2D eigenvalue weighted by Gasteiger charge is 2.24. The zero-order chi connectivity index (χ0) is 14.4. The van der Waals surface area contributed by atoms with Crippen molar-refractivity contribution in [3.8, 4) is 0 Å². The number of halogens is 1. The number of piperidine rings is 1. The maximum atomic E-state index is 12.5. The van der Waals surface area contributed by atoms with Gasteiger partial charge in [0.2, 0.25) is 0 Å². The summed E-state index contributed by atoms with van der Waals surface area (Å²) in [7, 11) is 0. The third-order valence-corrected chi connectivity index (χ3v) is 3.52. The highest BCUT2D eigenvalue weighted by Crippen LogP contribution is 2.20. The number of nitrogens with zero attached hydrogens (tertiary/aromatic N) is 1. The van der Waals surface area contributed by atoms with Crippen molar-refractivity contribution < 1.29 is 9.90 Å². The number of aliphatic hydroxyl groups excluding tert-OH is 1. The van der Waals surface area contributed by atoms with Crippen molar-refractivity contribution in [2.75, 3.05) is 25.0 Å². The van der Waals surface area contributed by atoms with Gasteiger partial charge in [-0.2, -0.15) is 0 Å². The molecule has 1 unspecified atom stereocenters. The van der Waals surface area contributed by atoms with Crippen molar-refractivity contribution in [2.45, 2.75) is 18.9 Å². The fraction of sp³-hybridized carbons (Fsp3) is 0.400. The number of aliphatic hydroxyl groups is 1. The molecule has 1 aliphatic rings. The first-order chi connectivity index (χ1) is 9.72. The minimum absolute atomic E-state index is 0.0401. The first-order valence-electron chi connectivity index (χ1n) is 6.78. The molecule has 1 heterocycles. The third kappa shape index (κ3) is 3.74. The Morgan fingerprint density at radius 2 is 2.30 bits per heavy atom. The number of carbonyl (C=O) groups excluding carboxylic acids is 1. The fourth-order valence-corrected chi connectivity index (χ4v) is 2.44. The van der Waals surface area contributed by atoms with E-state index in [1.54, 1.807) is 17.0 Å². The lowest BCUT2D eigenvalue weighted by molar-refractivity contribution is 0.0474. The number of nitrogens with one attached hydrogen (secondary N) is 1. The second kappa shape index (κ2) is 7.31. The second-order valence-corrected chi connectivity index (χ2v) is 5.09. The van der Waals surface area contributed by atoms with Gasteiger partial charge in [-0.1, -0.05) is 29.8 Å². The topological polar surface area (TPSA) is 52.6 Å². The predicted molar refractivity (Wildman–Crippen MR) is 81.1 cm³/mol.